The normalized spacial score (nSPS) is 11.6. The molecule has 7 nitrogen and oxygen atoms in total. The van der Waals surface area contributed by atoms with Crippen LogP contribution in [-0.2, 0) is 9.53 Å². The molecule has 27 heavy (non-hydrogen) atoms. The largest absolute Gasteiger partial charge is 0.481 e. The van der Waals surface area contributed by atoms with Crippen molar-refractivity contribution in [2.24, 2.45) is 0 Å². The lowest BCUT2D eigenvalue weighted by molar-refractivity contribution is -0.122. The minimum Gasteiger partial charge on any atom is -0.481 e. The number of hydrogen-bond donors (Lipinski definition) is 1. The average molecular weight is 394 g/mol. The van der Waals surface area contributed by atoms with Gasteiger partial charge in [0.2, 0.25) is 5.88 Å². The fourth-order valence-corrected chi connectivity index (χ4v) is 2.57. The molecule has 1 aromatic heterocycles. The summed E-state index contributed by atoms with van der Waals surface area (Å²) < 4.78 is 16.0. The highest BCUT2D eigenvalue weighted by molar-refractivity contribution is 6.30. The van der Waals surface area contributed by atoms with Crippen LogP contribution in [0.3, 0.4) is 0 Å². The Bertz CT molecular complexity index is 856. The lowest BCUT2D eigenvalue weighted by atomic mass is 10.1. The first-order valence-corrected chi connectivity index (χ1v) is 8.66. The number of carbonyl (C=O) groups excluding carboxylic acids is 3. The van der Waals surface area contributed by atoms with Gasteiger partial charge in [0.15, 0.2) is 11.9 Å². The zero-order chi connectivity index (χ0) is 20.1. The molecule has 1 aromatic carbocycles. The van der Waals surface area contributed by atoms with Gasteiger partial charge in [0.05, 0.1) is 12.2 Å². The number of hydrogen-bond acceptors (Lipinski definition) is 6. The quantitative estimate of drug-likeness (QED) is 0.563. The third-order valence-electron chi connectivity index (χ3n) is 3.65. The summed E-state index contributed by atoms with van der Waals surface area (Å²) in [5.41, 5.74) is -0.0242. The van der Waals surface area contributed by atoms with E-state index in [-0.39, 0.29) is 35.2 Å². The molecule has 2 rings (SSSR count). The van der Waals surface area contributed by atoms with Crippen LogP contribution in [0.1, 0.15) is 47.2 Å². The van der Waals surface area contributed by atoms with Crippen LogP contribution >= 0.6 is 11.6 Å². The smallest absolute Gasteiger partial charge is 0.344 e. The fourth-order valence-electron chi connectivity index (χ4n) is 2.44. The van der Waals surface area contributed by atoms with Gasteiger partial charge in [-0.15, -0.1) is 0 Å². The summed E-state index contributed by atoms with van der Waals surface area (Å²) in [6, 6.07) is 6.52. The second-order valence-electron chi connectivity index (χ2n) is 5.72. The van der Waals surface area contributed by atoms with Crippen LogP contribution in [-0.4, -0.2) is 30.4 Å². The molecule has 0 aliphatic carbocycles. The molecule has 0 aliphatic heterocycles. The van der Waals surface area contributed by atoms with Gasteiger partial charge in [-0.25, -0.2) is 4.79 Å². The summed E-state index contributed by atoms with van der Waals surface area (Å²) in [5.74, 6) is -1.15. The Hall–Kier alpha value is -2.80. The van der Waals surface area contributed by atoms with Gasteiger partial charge in [0.25, 0.3) is 5.91 Å². The molecule has 0 spiro atoms. The number of Topliss-reactive ketones (excluding diaryl/α,β-unsaturated/α-hetero) is 1. The van der Waals surface area contributed by atoms with Crippen LogP contribution in [0.2, 0.25) is 5.02 Å². The van der Waals surface area contributed by atoms with Crippen molar-refractivity contribution >= 4 is 35.1 Å². The van der Waals surface area contributed by atoms with Gasteiger partial charge in [-0.1, -0.05) is 11.6 Å². The molecule has 0 saturated carbocycles. The lowest BCUT2D eigenvalue weighted by Crippen LogP contribution is -2.30. The Labute approximate surface area is 161 Å². The van der Waals surface area contributed by atoms with Gasteiger partial charge in [0.1, 0.15) is 17.1 Å². The van der Waals surface area contributed by atoms with Crippen molar-refractivity contribution in [3.05, 3.63) is 46.2 Å². The summed E-state index contributed by atoms with van der Waals surface area (Å²) in [6.45, 7) is 6.12. The number of halogens is 1. The van der Waals surface area contributed by atoms with Gasteiger partial charge in [-0.3, -0.25) is 14.9 Å². The Morgan fingerprint density at radius 1 is 1.19 bits per heavy atom. The number of ketones is 1. The number of aryl methyl sites for hydroxylation is 1. The van der Waals surface area contributed by atoms with Crippen molar-refractivity contribution < 1.29 is 28.3 Å². The van der Waals surface area contributed by atoms with E-state index >= 15 is 0 Å². The number of nitrogens with one attached hydrogen (secondary N) is 1. The third kappa shape index (κ3) is 4.89. The summed E-state index contributed by atoms with van der Waals surface area (Å²) in [7, 11) is 0. The first-order valence-electron chi connectivity index (χ1n) is 8.29. The van der Waals surface area contributed by atoms with E-state index in [1.165, 1.54) is 20.8 Å². The number of carbonyl (C=O) groups is 3. The summed E-state index contributed by atoms with van der Waals surface area (Å²) in [4.78, 5) is 36.6. The Balaban J connectivity index is 2.23. The molecule has 2 aromatic rings. The Morgan fingerprint density at radius 2 is 1.81 bits per heavy atom. The molecule has 0 radical (unpaired) electrons. The minimum absolute atomic E-state index is 0.0787. The van der Waals surface area contributed by atoms with Crippen LogP contribution < -0.4 is 10.1 Å². The zero-order valence-corrected chi connectivity index (χ0v) is 16.2. The van der Waals surface area contributed by atoms with Gasteiger partial charge >= 0.3 is 5.97 Å². The number of esters is 1. The van der Waals surface area contributed by atoms with E-state index in [1.807, 2.05) is 0 Å². The highest BCUT2D eigenvalue weighted by Crippen LogP contribution is 2.29. The van der Waals surface area contributed by atoms with E-state index in [0.717, 1.165) is 0 Å². The molecule has 1 atom stereocenters. The molecular weight excluding hydrogens is 374 g/mol. The zero-order valence-electron chi connectivity index (χ0n) is 15.4. The second-order valence-corrected chi connectivity index (χ2v) is 6.15. The molecule has 8 heteroatoms. The average Bonchev–Trinajstić information content (AvgIpc) is 2.93. The molecule has 1 amide bonds. The lowest BCUT2D eigenvalue weighted by Gasteiger charge is -2.14. The van der Waals surface area contributed by atoms with Crippen LogP contribution in [0, 0.1) is 6.92 Å². The van der Waals surface area contributed by atoms with Crippen molar-refractivity contribution in [2.45, 2.75) is 33.8 Å². The highest BCUT2D eigenvalue weighted by Gasteiger charge is 2.29. The van der Waals surface area contributed by atoms with Crippen molar-refractivity contribution in [1.82, 2.24) is 0 Å². The maximum Gasteiger partial charge on any atom is 0.344 e. The fraction of sp³-hybridized carbons (Fsp3) is 0.316. The number of benzene rings is 1. The Kier molecular flexibility index (Phi) is 6.63. The molecule has 0 aliphatic rings. The number of anilines is 1. The number of furan rings is 1. The van der Waals surface area contributed by atoms with E-state index in [1.54, 1.807) is 31.2 Å². The predicted molar refractivity (Wildman–Crippen MR) is 99.6 cm³/mol. The van der Waals surface area contributed by atoms with Crippen molar-refractivity contribution in [3.63, 3.8) is 0 Å². The van der Waals surface area contributed by atoms with E-state index < -0.39 is 18.0 Å². The van der Waals surface area contributed by atoms with E-state index in [4.69, 9.17) is 25.5 Å². The van der Waals surface area contributed by atoms with Gasteiger partial charge in [-0.2, -0.15) is 0 Å². The van der Waals surface area contributed by atoms with E-state index in [0.29, 0.717) is 10.8 Å². The van der Waals surface area contributed by atoms with Crippen LogP contribution in [0.25, 0.3) is 0 Å². The van der Waals surface area contributed by atoms with Crippen molar-refractivity contribution in [3.8, 4) is 5.75 Å². The second kappa shape index (κ2) is 8.73. The molecule has 0 bridgehead atoms. The summed E-state index contributed by atoms with van der Waals surface area (Å²) in [5, 5.41) is 3.03. The van der Waals surface area contributed by atoms with Gasteiger partial charge in [-0.05, 0) is 52.0 Å². The van der Waals surface area contributed by atoms with Crippen LogP contribution in [0.4, 0.5) is 5.88 Å². The first-order chi connectivity index (χ1) is 12.7. The highest BCUT2D eigenvalue weighted by atomic mass is 35.5. The molecule has 144 valence electrons. The topological polar surface area (TPSA) is 94.8 Å². The molecule has 1 N–H and O–H groups in total. The van der Waals surface area contributed by atoms with Gasteiger partial charge in [0, 0.05) is 5.02 Å². The first kappa shape index (κ1) is 20.5. The van der Waals surface area contributed by atoms with Crippen LogP contribution in [0.15, 0.2) is 28.7 Å². The molecule has 0 fully saturated rings. The molecule has 1 heterocycles. The van der Waals surface area contributed by atoms with Crippen molar-refractivity contribution in [2.75, 3.05) is 11.9 Å². The SMILES string of the molecule is CCOC(=O)c1c(NC(=O)C(C)Oc2ccc(Cl)cc2)oc(C)c1C(C)=O. The number of rotatable bonds is 7. The van der Waals surface area contributed by atoms with Gasteiger partial charge < -0.3 is 13.9 Å². The summed E-state index contributed by atoms with van der Waals surface area (Å²) >= 11 is 5.81. The van der Waals surface area contributed by atoms with E-state index in [9.17, 15) is 14.4 Å². The summed E-state index contributed by atoms with van der Waals surface area (Å²) in [6.07, 6.45) is -0.896. The standard InChI is InChI=1S/C19H20ClNO6/c1-5-25-19(24)16-15(10(2)22)11(3)27-18(16)21-17(23)12(4)26-14-8-6-13(20)7-9-14/h6-9,12H,5H2,1-4H3,(H,21,23). The molecular formula is C19H20ClNO6. The number of amides is 1. The number of ether oxygens (including phenoxy) is 2. The van der Waals surface area contributed by atoms with Crippen molar-refractivity contribution in [1.29, 1.82) is 0 Å². The molecule has 0 saturated heterocycles. The monoisotopic (exact) mass is 393 g/mol. The predicted octanol–water partition coefficient (Wildman–Crippen LogP) is 4.03. The maximum absolute atomic E-state index is 12.4. The maximum atomic E-state index is 12.4. The van der Waals surface area contributed by atoms with Crippen LogP contribution in [0.5, 0.6) is 5.75 Å². The molecule has 1 unspecified atom stereocenters. The third-order valence-corrected chi connectivity index (χ3v) is 3.90. The van der Waals surface area contributed by atoms with E-state index in [2.05, 4.69) is 5.32 Å². The Morgan fingerprint density at radius 3 is 2.37 bits per heavy atom. The minimum atomic E-state index is -0.896.